The van der Waals surface area contributed by atoms with E-state index in [1.54, 1.807) is 0 Å². The van der Waals surface area contributed by atoms with Gasteiger partial charge in [-0.25, -0.2) is 0 Å². The first kappa shape index (κ1) is 19.2. The van der Waals surface area contributed by atoms with Gasteiger partial charge in [-0.3, -0.25) is 0 Å². The van der Waals surface area contributed by atoms with E-state index in [-0.39, 0.29) is 0 Å². The summed E-state index contributed by atoms with van der Waals surface area (Å²) in [6, 6.07) is 8.72. The second kappa shape index (κ2) is 10.0. The molecule has 0 aliphatic carbocycles. The van der Waals surface area contributed by atoms with Gasteiger partial charge in [0.25, 0.3) is 0 Å². The van der Waals surface area contributed by atoms with E-state index < -0.39 is 0 Å². The average molecular weight is 309 g/mol. The summed E-state index contributed by atoms with van der Waals surface area (Å²) in [5.74, 6) is 0. The second-order valence-electron chi connectivity index (χ2n) is 6.45. The Hall–Kier alpha value is -1.82. The highest BCUT2D eigenvalue weighted by Crippen LogP contribution is 2.25. The van der Waals surface area contributed by atoms with Crippen LogP contribution in [-0.2, 0) is 6.42 Å². The zero-order chi connectivity index (χ0) is 17.2. The quantitative estimate of drug-likeness (QED) is 0.336. The van der Waals surface area contributed by atoms with Crippen molar-refractivity contribution in [3.8, 4) is 0 Å². The summed E-state index contributed by atoms with van der Waals surface area (Å²) in [7, 11) is 0. The van der Waals surface area contributed by atoms with Crippen LogP contribution in [0, 0.1) is 6.92 Å². The van der Waals surface area contributed by atoms with Crippen molar-refractivity contribution in [1.29, 1.82) is 0 Å². The standard InChI is InChI=1S/C23H32/c1-7-10-22(23(11-8-2)18(3)4)15-14-20(6)17-21-13-9-12-19(5)16-21/h7,9-10,12-13,16H,3,6,8,11,14-15,17H2,1-2,4-5H3/b10-7?,23-22+. The third-order valence-electron chi connectivity index (χ3n) is 4.06. The second-order valence-corrected chi connectivity index (χ2v) is 6.45. The van der Waals surface area contributed by atoms with E-state index in [9.17, 15) is 0 Å². The van der Waals surface area contributed by atoms with Gasteiger partial charge in [0.2, 0.25) is 0 Å². The Morgan fingerprint density at radius 1 is 1.13 bits per heavy atom. The molecule has 0 saturated heterocycles. The normalized spacial score (nSPS) is 12.3. The summed E-state index contributed by atoms with van der Waals surface area (Å²) in [6.07, 6.45) is 9.72. The molecular formula is C23H32. The summed E-state index contributed by atoms with van der Waals surface area (Å²) in [5, 5.41) is 0. The molecule has 0 aliphatic heterocycles. The summed E-state index contributed by atoms with van der Waals surface area (Å²) < 4.78 is 0. The minimum atomic E-state index is 0.973. The Labute approximate surface area is 143 Å². The third-order valence-corrected chi connectivity index (χ3v) is 4.06. The molecule has 0 unspecified atom stereocenters. The summed E-state index contributed by atoms with van der Waals surface area (Å²) >= 11 is 0. The predicted octanol–water partition coefficient (Wildman–Crippen LogP) is 7.12. The predicted molar refractivity (Wildman–Crippen MR) is 105 cm³/mol. The first-order valence-electron chi connectivity index (χ1n) is 8.70. The van der Waals surface area contributed by atoms with E-state index in [4.69, 9.17) is 0 Å². The summed E-state index contributed by atoms with van der Waals surface area (Å²) in [6.45, 7) is 17.0. The van der Waals surface area contributed by atoms with Crippen LogP contribution in [0.2, 0.25) is 0 Å². The van der Waals surface area contributed by atoms with Crippen molar-refractivity contribution in [3.63, 3.8) is 0 Å². The maximum atomic E-state index is 4.29. The van der Waals surface area contributed by atoms with Crippen LogP contribution in [0.25, 0.3) is 0 Å². The van der Waals surface area contributed by atoms with E-state index in [2.05, 4.69) is 77.3 Å². The fraction of sp³-hybridized carbons (Fsp3) is 0.391. The molecule has 0 radical (unpaired) electrons. The summed E-state index contributed by atoms with van der Waals surface area (Å²) in [5.41, 5.74) is 8.03. The molecule has 0 fully saturated rings. The zero-order valence-electron chi connectivity index (χ0n) is 15.4. The molecule has 0 aliphatic rings. The van der Waals surface area contributed by atoms with Crippen LogP contribution < -0.4 is 0 Å². The van der Waals surface area contributed by atoms with Crippen LogP contribution in [0.3, 0.4) is 0 Å². The van der Waals surface area contributed by atoms with Crippen LogP contribution in [0.4, 0.5) is 0 Å². The van der Waals surface area contributed by atoms with E-state index in [1.807, 2.05) is 0 Å². The van der Waals surface area contributed by atoms with Gasteiger partial charge in [0.15, 0.2) is 0 Å². The molecule has 1 aromatic carbocycles. The highest BCUT2D eigenvalue weighted by atomic mass is 14.1. The van der Waals surface area contributed by atoms with Gasteiger partial charge in [-0.1, -0.05) is 79.6 Å². The summed E-state index contributed by atoms with van der Waals surface area (Å²) in [4.78, 5) is 0. The molecule has 0 atom stereocenters. The van der Waals surface area contributed by atoms with Crippen molar-refractivity contribution in [1.82, 2.24) is 0 Å². The Bertz CT molecular complexity index is 596. The number of hydrogen-bond acceptors (Lipinski definition) is 0. The van der Waals surface area contributed by atoms with Crippen LogP contribution in [0.1, 0.15) is 57.6 Å². The lowest BCUT2D eigenvalue weighted by molar-refractivity contribution is 0.856. The Balaban J connectivity index is 2.76. The number of aryl methyl sites for hydroxylation is 1. The number of hydrogen-bond donors (Lipinski definition) is 0. The Morgan fingerprint density at radius 3 is 2.43 bits per heavy atom. The molecule has 0 saturated carbocycles. The maximum Gasteiger partial charge on any atom is -0.00696 e. The van der Waals surface area contributed by atoms with Crippen molar-refractivity contribution in [3.05, 3.63) is 83.0 Å². The van der Waals surface area contributed by atoms with Gasteiger partial charge >= 0.3 is 0 Å². The molecule has 0 heterocycles. The van der Waals surface area contributed by atoms with Crippen molar-refractivity contribution in [2.75, 3.05) is 0 Å². The van der Waals surface area contributed by atoms with Gasteiger partial charge in [0, 0.05) is 0 Å². The average Bonchev–Trinajstić information content (AvgIpc) is 2.49. The van der Waals surface area contributed by atoms with E-state index in [0.717, 1.165) is 32.1 Å². The fourth-order valence-electron chi connectivity index (χ4n) is 2.94. The monoisotopic (exact) mass is 308 g/mol. The highest BCUT2D eigenvalue weighted by Gasteiger charge is 2.06. The van der Waals surface area contributed by atoms with Crippen molar-refractivity contribution in [2.45, 2.75) is 59.8 Å². The van der Waals surface area contributed by atoms with Gasteiger partial charge in [0.1, 0.15) is 0 Å². The van der Waals surface area contributed by atoms with Crippen molar-refractivity contribution in [2.24, 2.45) is 0 Å². The van der Waals surface area contributed by atoms with E-state index >= 15 is 0 Å². The topological polar surface area (TPSA) is 0 Å². The lowest BCUT2D eigenvalue weighted by Crippen LogP contribution is -1.95. The van der Waals surface area contributed by atoms with Crippen LogP contribution in [-0.4, -0.2) is 0 Å². The largest absolute Gasteiger partial charge is 0.0995 e. The molecule has 23 heavy (non-hydrogen) atoms. The molecule has 0 aromatic heterocycles. The maximum absolute atomic E-state index is 4.29. The van der Waals surface area contributed by atoms with Gasteiger partial charge < -0.3 is 0 Å². The zero-order valence-corrected chi connectivity index (χ0v) is 15.4. The Kier molecular flexibility index (Phi) is 8.40. The Morgan fingerprint density at radius 2 is 1.87 bits per heavy atom. The first-order chi connectivity index (χ1) is 11.0. The van der Waals surface area contributed by atoms with Gasteiger partial charge in [-0.15, -0.1) is 0 Å². The molecule has 124 valence electrons. The number of benzene rings is 1. The highest BCUT2D eigenvalue weighted by molar-refractivity contribution is 5.38. The molecule has 0 bridgehead atoms. The van der Waals surface area contributed by atoms with Gasteiger partial charge in [0.05, 0.1) is 0 Å². The van der Waals surface area contributed by atoms with Crippen molar-refractivity contribution < 1.29 is 0 Å². The smallest absolute Gasteiger partial charge is 0.00696 e. The van der Waals surface area contributed by atoms with E-state index in [0.29, 0.717) is 0 Å². The van der Waals surface area contributed by atoms with E-state index in [1.165, 1.54) is 33.4 Å². The molecule has 0 spiro atoms. The SMILES string of the molecule is C=C(CC/C(C=CC)=C(\CCC)C(=C)C)Cc1cccc(C)c1. The minimum Gasteiger partial charge on any atom is -0.0995 e. The first-order valence-corrected chi connectivity index (χ1v) is 8.70. The minimum absolute atomic E-state index is 0.973. The van der Waals surface area contributed by atoms with Gasteiger partial charge in [-0.2, -0.15) is 0 Å². The van der Waals surface area contributed by atoms with Crippen molar-refractivity contribution >= 4 is 0 Å². The molecule has 1 aromatic rings. The van der Waals surface area contributed by atoms with Gasteiger partial charge in [-0.05, 0) is 63.2 Å². The lowest BCUT2D eigenvalue weighted by atomic mass is 9.92. The van der Waals surface area contributed by atoms with Crippen LogP contribution in [0.5, 0.6) is 0 Å². The number of rotatable bonds is 9. The molecule has 0 nitrogen and oxygen atoms in total. The number of allylic oxidation sites excluding steroid dienone is 6. The third kappa shape index (κ3) is 6.86. The molecule has 0 amide bonds. The van der Waals surface area contributed by atoms with Crippen LogP contribution >= 0.6 is 0 Å². The molecular weight excluding hydrogens is 276 g/mol. The molecule has 1 rings (SSSR count). The lowest BCUT2D eigenvalue weighted by Gasteiger charge is -2.14. The molecule has 0 heteroatoms. The fourth-order valence-corrected chi connectivity index (χ4v) is 2.94. The van der Waals surface area contributed by atoms with Crippen LogP contribution in [0.15, 0.2) is 71.9 Å². The molecule has 0 N–H and O–H groups in total.